The van der Waals surface area contributed by atoms with Gasteiger partial charge in [0.2, 0.25) is 0 Å². The van der Waals surface area contributed by atoms with E-state index in [0.717, 1.165) is 25.8 Å². The molecule has 1 fully saturated rings. The minimum atomic E-state index is -0.145. The van der Waals surface area contributed by atoms with Crippen molar-refractivity contribution in [2.45, 2.75) is 38.6 Å². The van der Waals surface area contributed by atoms with Crippen LogP contribution in [0.3, 0.4) is 0 Å². The number of nitrogens with one attached hydrogen (secondary N) is 2. The van der Waals surface area contributed by atoms with Crippen LogP contribution >= 0.6 is 11.6 Å². The summed E-state index contributed by atoms with van der Waals surface area (Å²) in [7, 11) is 0. The fraction of sp³-hybridized carbons (Fsp3) is 0.583. The minimum Gasteiger partial charge on any atom is -0.320 e. The topological polar surface area (TPSA) is 70.2 Å². The standard InChI is InChI=1S/C12H18ClN5O/c1-2-9-5-3-4-8-18(9)12(19)17-16-11-10(13)14-6-7-15-11/h6-7,9H,2-5,8H2,1H3,(H,15,16)(H,17,19). The number of halogens is 1. The maximum Gasteiger partial charge on any atom is 0.336 e. The number of anilines is 1. The Morgan fingerprint density at radius 3 is 3.00 bits per heavy atom. The molecule has 0 aromatic carbocycles. The van der Waals surface area contributed by atoms with Gasteiger partial charge < -0.3 is 4.90 Å². The summed E-state index contributed by atoms with van der Waals surface area (Å²) in [5.74, 6) is 0.350. The first-order valence-electron chi connectivity index (χ1n) is 6.51. The first kappa shape index (κ1) is 13.9. The van der Waals surface area contributed by atoms with Crippen LogP contribution < -0.4 is 10.9 Å². The van der Waals surface area contributed by atoms with Crippen molar-refractivity contribution < 1.29 is 4.79 Å². The lowest BCUT2D eigenvalue weighted by molar-refractivity contribution is 0.150. The van der Waals surface area contributed by atoms with E-state index in [0.29, 0.717) is 11.9 Å². The highest BCUT2D eigenvalue weighted by Gasteiger charge is 2.25. The molecule has 0 saturated carbocycles. The Bertz CT molecular complexity index is 442. The number of carbonyl (C=O) groups is 1. The molecule has 2 N–H and O–H groups in total. The van der Waals surface area contributed by atoms with Crippen LogP contribution in [0.2, 0.25) is 5.15 Å². The van der Waals surface area contributed by atoms with Crippen LogP contribution in [0.25, 0.3) is 0 Å². The lowest BCUT2D eigenvalue weighted by Crippen LogP contribution is -2.50. The molecule has 6 nitrogen and oxygen atoms in total. The summed E-state index contributed by atoms with van der Waals surface area (Å²) in [6, 6.07) is 0.168. The second-order valence-corrected chi connectivity index (χ2v) is 4.86. The number of aromatic nitrogens is 2. The molecular formula is C12H18ClN5O. The highest BCUT2D eigenvalue weighted by Crippen LogP contribution is 2.19. The van der Waals surface area contributed by atoms with Crippen LogP contribution in [0.15, 0.2) is 12.4 Å². The molecule has 1 aromatic heterocycles. The van der Waals surface area contributed by atoms with Gasteiger partial charge in [0.25, 0.3) is 0 Å². The molecule has 0 bridgehead atoms. The monoisotopic (exact) mass is 283 g/mol. The average Bonchev–Trinajstić information content (AvgIpc) is 2.46. The Balaban J connectivity index is 1.92. The second kappa shape index (κ2) is 6.56. The summed E-state index contributed by atoms with van der Waals surface area (Å²) in [6.07, 6.45) is 7.28. The zero-order valence-corrected chi connectivity index (χ0v) is 11.7. The lowest BCUT2D eigenvalue weighted by Gasteiger charge is -2.35. The third-order valence-corrected chi connectivity index (χ3v) is 3.58. The summed E-state index contributed by atoms with van der Waals surface area (Å²) >= 11 is 5.85. The molecule has 1 unspecified atom stereocenters. The molecule has 7 heteroatoms. The van der Waals surface area contributed by atoms with E-state index in [1.807, 2.05) is 4.90 Å². The number of amides is 2. The van der Waals surface area contributed by atoms with Crippen LogP contribution in [0, 0.1) is 0 Å². The van der Waals surface area contributed by atoms with Crippen LogP contribution in [0.1, 0.15) is 32.6 Å². The fourth-order valence-corrected chi connectivity index (χ4v) is 2.43. The fourth-order valence-electron chi connectivity index (χ4n) is 2.28. The van der Waals surface area contributed by atoms with Crippen molar-refractivity contribution in [1.82, 2.24) is 20.3 Å². The molecule has 1 aliphatic rings. The molecular weight excluding hydrogens is 266 g/mol. The normalized spacial score (nSPS) is 19.1. The van der Waals surface area contributed by atoms with Crippen molar-refractivity contribution in [1.29, 1.82) is 0 Å². The van der Waals surface area contributed by atoms with Crippen LogP contribution in [-0.2, 0) is 0 Å². The molecule has 19 heavy (non-hydrogen) atoms. The molecule has 1 saturated heterocycles. The Labute approximate surface area is 117 Å². The number of piperidine rings is 1. The zero-order chi connectivity index (χ0) is 13.7. The minimum absolute atomic E-state index is 0.145. The van der Waals surface area contributed by atoms with Crippen LogP contribution in [-0.4, -0.2) is 33.5 Å². The molecule has 1 aliphatic heterocycles. The highest BCUT2D eigenvalue weighted by molar-refractivity contribution is 6.31. The number of hydrogen-bond acceptors (Lipinski definition) is 4. The lowest BCUT2D eigenvalue weighted by atomic mass is 10.0. The van der Waals surface area contributed by atoms with Gasteiger partial charge in [0, 0.05) is 25.0 Å². The average molecular weight is 284 g/mol. The number of nitrogens with zero attached hydrogens (tertiary/aromatic N) is 3. The van der Waals surface area contributed by atoms with Crippen molar-refractivity contribution in [3.05, 3.63) is 17.5 Å². The predicted molar refractivity (Wildman–Crippen MR) is 73.8 cm³/mol. The maximum absolute atomic E-state index is 12.1. The van der Waals surface area contributed by atoms with E-state index in [1.165, 1.54) is 18.8 Å². The van der Waals surface area contributed by atoms with Gasteiger partial charge in [0.05, 0.1) is 0 Å². The van der Waals surface area contributed by atoms with Gasteiger partial charge in [-0.1, -0.05) is 18.5 Å². The van der Waals surface area contributed by atoms with Crippen LogP contribution in [0.5, 0.6) is 0 Å². The molecule has 0 aliphatic carbocycles. The molecule has 0 spiro atoms. The summed E-state index contributed by atoms with van der Waals surface area (Å²) in [5.41, 5.74) is 5.33. The summed E-state index contributed by atoms with van der Waals surface area (Å²) in [5, 5.41) is 0.230. The van der Waals surface area contributed by atoms with E-state index < -0.39 is 0 Å². The maximum atomic E-state index is 12.1. The van der Waals surface area contributed by atoms with E-state index in [-0.39, 0.29) is 11.2 Å². The van der Waals surface area contributed by atoms with Gasteiger partial charge in [-0.2, -0.15) is 0 Å². The summed E-state index contributed by atoms with van der Waals surface area (Å²) in [6.45, 7) is 2.89. The molecule has 2 amide bonds. The third kappa shape index (κ3) is 3.47. The van der Waals surface area contributed by atoms with E-state index in [1.54, 1.807) is 0 Å². The number of rotatable bonds is 3. The van der Waals surface area contributed by atoms with Gasteiger partial charge in [-0.25, -0.2) is 14.8 Å². The first-order chi connectivity index (χ1) is 9.22. The van der Waals surface area contributed by atoms with Crippen molar-refractivity contribution in [2.75, 3.05) is 12.0 Å². The van der Waals surface area contributed by atoms with Crippen molar-refractivity contribution in [2.24, 2.45) is 0 Å². The predicted octanol–water partition coefficient (Wildman–Crippen LogP) is 2.43. The van der Waals surface area contributed by atoms with Crippen molar-refractivity contribution in [3.8, 4) is 0 Å². The Hall–Kier alpha value is -1.56. The van der Waals surface area contributed by atoms with Gasteiger partial charge in [0.1, 0.15) is 0 Å². The molecule has 1 atom stereocenters. The molecule has 2 rings (SSSR count). The zero-order valence-electron chi connectivity index (χ0n) is 10.9. The smallest absolute Gasteiger partial charge is 0.320 e. The number of hydrazine groups is 1. The van der Waals surface area contributed by atoms with Crippen LogP contribution in [0.4, 0.5) is 10.6 Å². The summed E-state index contributed by atoms with van der Waals surface area (Å²) in [4.78, 5) is 21.8. The van der Waals surface area contributed by atoms with E-state index >= 15 is 0 Å². The largest absolute Gasteiger partial charge is 0.336 e. The molecule has 104 valence electrons. The van der Waals surface area contributed by atoms with E-state index in [9.17, 15) is 4.79 Å². The Kier molecular flexibility index (Phi) is 4.79. The molecule has 1 aromatic rings. The van der Waals surface area contributed by atoms with E-state index in [4.69, 9.17) is 11.6 Å². The Morgan fingerprint density at radius 1 is 1.47 bits per heavy atom. The third-order valence-electron chi connectivity index (χ3n) is 3.30. The van der Waals surface area contributed by atoms with Gasteiger partial charge in [-0.15, -0.1) is 0 Å². The van der Waals surface area contributed by atoms with Gasteiger partial charge in [0.15, 0.2) is 11.0 Å². The quantitative estimate of drug-likeness (QED) is 0.836. The number of hydrogen-bond donors (Lipinski definition) is 2. The van der Waals surface area contributed by atoms with Gasteiger partial charge in [-0.05, 0) is 25.7 Å². The van der Waals surface area contributed by atoms with Gasteiger partial charge in [-0.3, -0.25) is 10.9 Å². The number of likely N-dealkylation sites (tertiary alicyclic amines) is 1. The van der Waals surface area contributed by atoms with Crippen molar-refractivity contribution >= 4 is 23.4 Å². The molecule has 0 radical (unpaired) electrons. The van der Waals surface area contributed by atoms with E-state index in [2.05, 4.69) is 27.7 Å². The SMILES string of the molecule is CCC1CCCCN1C(=O)NNc1nccnc1Cl. The second-order valence-electron chi connectivity index (χ2n) is 4.50. The summed E-state index contributed by atoms with van der Waals surface area (Å²) < 4.78 is 0. The Morgan fingerprint density at radius 2 is 2.26 bits per heavy atom. The van der Waals surface area contributed by atoms with Gasteiger partial charge >= 0.3 is 6.03 Å². The number of urea groups is 1. The van der Waals surface area contributed by atoms with Crippen molar-refractivity contribution in [3.63, 3.8) is 0 Å². The first-order valence-corrected chi connectivity index (χ1v) is 6.89. The molecule has 2 heterocycles. The number of carbonyl (C=O) groups excluding carboxylic acids is 1. The highest BCUT2D eigenvalue weighted by atomic mass is 35.5.